The minimum atomic E-state index is -0.578. The third-order valence-electron chi connectivity index (χ3n) is 4.35. The van der Waals surface area contributed by atoms with Crippen molar-refractivity contribution in [1.29, 1.82) is 0 Å². The molecule has 4 heteroatoms. The van der Waals surface area contributed by atoms with Crippen molar-refractivity contribution < 1.29 is 19.1 Å². The first-order chi connectivity index (χ1) is 15.6. The highest BCUT2D eigenvalue weighted by Crippen LogP contribution is 2.25. The van der Waals surface area contributed by atoms with Crippen LogP contribution >= 0.6 is 0 Å². The lowest BCUT2D eigenvalue weighted by atomic mass is 9.99. The fourth-order valence-corrected chi connectivity index (χ4v) is 2.70. The van der Waals surface area contributed by atoms with Gasteiger partial charge >= 0.3 is 11.9 Å². The summed E-state index contributed by atoms with van der Waals surface area (Å²) >= 11 is 0. The maximum atomic E-state index is 11.0. The molecular weight excluding hydrogens is 400 g/mol. The predicted octanol–water partition coefficient (Wildman–Crippen LogP) is 5.10. The smallest absolute Gasteiger partial charge is 0.344 e. The maximum absolute atomic E-state index is 11.0. The lowest BCUT2D eigenvalue weighted by Crippen LogP contribution is -1.92. The number of hydrogen-bond donors (Lipinski definition) is 0. The van der Waals surface area contributed by atoms with Crippen molar-refractivity contribution in [2.24, 2.45) is 0 Å². The number of carbonyl (C=O) groups excluding carboxylic acids is 2. The zero-order valence-corrected chi connectivity index (χ0v) is 17.1. The van der Waals surface area contributed by atoms with E-state index in [-0.39, 0.29) is 0 Å². The van der Waals surface area contributed by atoms with Crippen LogP contribution in [0.25, 0.3) is 22.3 Å². The summed E-state index contributed by atoms with van der Waals surface area (Å²) < 4.78 is 9.31. The van der Waals surface area contributed by atoms with E-state index in [9.17, 15) is 9.59 Å². The number of esters is 2. The summed E-state index contributed by atoms with van der Waals surface area (Å²) in [7, 11) is 0. The largest absolute Gasteiger partial charge is 0.369 e. The van der Waals surface area contributed by atoms with Crippen LogP contribution in [-0.4, -0.2) is 11.9 Å². The lowest BCUT2D eigenvalue weighted by molar-refractivity contribution is -0.132. The molecule has 0 heterocycles. The molecule has 0 N–H and O–H groups in total. The molecule has 32 heavy (non-hydrogen) atoms. The Kier molecular flexibility index (Phi) is 7.41. The zero-order chi connectivity index (χ0) is 22.8. The third kappa shape index (κ3) is 6.10. The molecule has 3 rings (SSSR count). The molecule has 0 atom stereocenters. The summed E-state index contributed by atoms with van der Waals surface area (Å²) in [6, 6.07) is 23.5. The van der Waals surface area contributed by atoms with Crippen molar-refractivity contribution in [3.05, 3.63) is 109 Å². The van der Waals surface area contributed by atoms with Gasteiger partial charge in [-0.3, -0.25) is 0 Å². The second kappa shape index (κ2) is 10.8. The molecule has 4 nitrogen and oxygen atoms in total. The Bertz CT molecular complexity index is 1160. The van der Waals surface area contributed by atoms with Crippen LogP contribution in [0.3, 0.4) is 0 Å². The summed E-state index contributed by atoms with van der Waals surface area (Å²) in [5.41, 5.74) is 5.71. The van der Waals surface area contributed by atoms with Gasteiger partial charge in [-0.25, -0.2) is 9.59 Å². The van der Waals surface area contributed by atoms with Gasteiger partial charge in [-0.05, 0) is 58.4 Å². The van der Waals surface area contributed by atoms with Crippen LogP contribution in [0.5, 0.6) is 0 Å². The van der Waals surface area contributed by atoms with E-state index in [2.05, 4.69) is 46.7 Å². The average molecular weight is 418 g/mol. The first-order valence-corrected chi connectivity index (χ1v) is 9.58. The molecular formula is C28H18O4. The van der Waals surface area contributed by atoms with Crippen molar-refractivity contribution in [1.82, 2.24) is 0 Å². The van der Waals surface area contributed by atoms with Crippen molar-refractivity contribution in [2.45, 2.75) is 0 Å². The van der Waals surface area contributed by atoms with Gasteiger partial charge in [0.05, 0.1) is 0 Å². The summed E-state index contributed by atoms with van der Waals surface area (Å²) in [4.78, 5) is 22.0. The Labute approximate surface area is 186 Å². The quantitative estimate of drug-likeness (QED) is 0.336. The SMILES string of the molecule is C=CC(=O)OC#Cc1ccc(-c2ccc(-c3ccc(C#COC(=O)C=C)cc3)cc2)cc1. The molecule has 3 aromatic carbocycles. The zero-order valence-electron chi connectivity index (χ0n) is 17.1. The van der Waals surface area contributed by atoms with Gasteiger partial charge in [-0.2, -0.15) is 0 Å². The molecule has 0 saturated heterocycles. The monoisotopic (exact) mass is 418 g/mol. The minimum Gasteiger partial charge on any atom is -0.369 e. The minimum absolute atomic E-state index is 0.578. The Hall–Kier alpha value is -4.80. The Morgan fingerprint density at radius 3 is 1.12 bits per heavy atom. The van der Waals surface area contributed by atoms with E-state index in [4.69, 9.17) is 0 Å². The van der Waals surface area contributed by atoms with E-state index in [1.807, 2.05) is 72.8 Å². The average Bonchev–Trinajstić information content (AvgIpc) is 2.85. The number of carbonyl (C=O) groups is 2. The molecule has 3 aromatic rings. The van der Waals surface area contributed by atoms with E-state index in [0.29, 0.717) is 0 Å². The second-order valence-corrected chi connectivity index (χ2v) is 6.44. The molecule has 0 aliphatic carbocycles. The van der Waals surface area contributed by atoms with Gasteiger partial charge in [-0.15, -0.1) is 0 Å². The number of benzene rings is 3. The molecule has 0 unspecified atom stereocenters. The first kappa shape index (κ1) is 21.9. The van der Waals surface area contributed by atoms with Gasteiger partial charge in [0.2, 0.25) is 0 Å². The molecule has 0 bridgehead atoms. The van der Waals surface area contributed by atoms with Crippen LogP contribution in [0.2, 0.25) is 0 Å². The summed E-state index contributed by atoms with van der Waals surface area (Å²) in [6.07, 6.45) is 6.84. The van der Waals surface area contributed by atoms with Crippen LogP contribution in [0.15, 0.2) is 98.1 Å². The predicted molar refractivity (Wildman–Crippen MR) is 124 cm³/mol. The van der Waals surface area contributed by atoms with Gasteiger partial charge in [0.1, 0.15) is 12.2 Å². The van der Waals surface area contributed by atoms with E-state index >= 15 is 0 Å². The molecule has 0 spiro atoms. The highest BCUT2D eigenvalue weighted by atomic mass is 16.5. The molecule has 0 aliphatic rings. The summed E-state index contributed by atoms with van der Waals surface area (Å²) in [6.45, 7) is 6.63. The van der Waals surface area contributed by atoms with E-state index < -0.39 is 11.9 Å². The van der Waals surface area contributed by atoms with Crippen molar-refractivity contribution in [2.75, 3.05) is 0 Å². The molecule has 0 aliphatic heterocycles. The van der Waals surface area contributed by atoms with Gasteiger partial charge in [-0.1, -0.05) is 61.7 Å². The van der Waals surface area contributed by atoms with Crippen LogP contribution < -0.4 is 0 Å². The Morgan fingerprint density at radius 2 is 0.844 bits per heavy atom. The third-order valence-corrected chi connectivity index (χ3v) is 4.35. The molecule has 0 radical (unpaired) electrons. The highest BCUT2D eigenvalue weighted by Gasteiger charge is 2.01. The van der Waals surface area contributed by atoms with Crippen LogP contribution in [-0.2, 0) is 19.1 Å². The Morgan fingerprint density at radius 1 is 0.562 bits per heavy atom. The van der Waals surface area contributed by atoms with Gasteiger partial charge in [0.25, 0.3) is 0 Å². The topological polar surface area (TPSA) is 52.6 Å². The Balaban J connectivity index is 1.67. The molecule has 0 saturated carbocycles. The van der Waals surface area contributed by atoms with Crippen molar-refractivity contribution in [3.63, 3.8) is 0 Å². The number of rotatable bonds is 4. The van der Waals surface area contributed by atoms with Gasteiger partial charge < -0.3 is 9.47 Å². The highest BCUT2D eigenvalue weighted by molar-refractivity contribution is 5.82. The fraction of sp³-hybridized carbons (Fsp3) is 0. The molecule has 0 fully saturated rings. The van der Waals surface area contributed by atoms with Crippen molar-refractivity contribution in [3.8, 4) is 46.3 Å². The van der Waals surface area contributed by atoms with Crippen LogP contribution in [0.1, 0.15) is 11.1 Å². The standard InChI is InChI=1S/C28H18O4/c1-3-27(29)31-19-17-21-5-9-23(10-6-21)25-13-15-26(16-14-25)24-11-7-22(8-12-24)18-20-32-28(30)4-2/h3-16H,1-2H2. The van der Waals surface area contributed by atoms with E-state index in [0.717, 1.165) is 45.5 Å². The fourth-order valence-electron chi connectivity index (χ4n) is 2.70. The molecule has 0 aromatic heterocycles. The second-order valence-electron chi connectivity index (χ2n) is 6.44. The summed E-state index contributed by atoms with van der Waals surface area (Å²) in [5.74, 6) is 4.38. The molecule has 0 amide bonds. The summed E-state index contributed by atoms with van der Waals surface area (Å²) in [5, 5.41) is 0. The van der Waals surface area contributed by atoms with E-state index in [1.54, 1.807) is 0 Å². The maximum Gasteiger partial charge on any atom is 0.344 e. The van der Waals surface area contributed by atoms with Crippen molar-refractivity contribution >= 4 is 11.9 Å². The number of ether oxygens (including phenoxy) is 2. The molecule has 154 valence electrons. The first-order valence-electron chi connectivity index (χ1n) is 9.58. The van der Waals surface area contributed by atoms with Crippen LogP contribution in [0.4, 0.5) is 0 Å². The normalized spacial score (nSPS) is 9.25. The van der Waals surface area contributed by atoms with E-state index in [1.165, 1.54) is 0 Å². The van der Waals surface area contributed by atoms with Gasteiger partial charge in [0.15, 0.2) is 0 Å². The van der Waals surface area contributed by atoms with Gasteiger partial charge in [0, 0.05) is 23.3 Å². The number of hydrogen-bond acceptors (Lipinski definition) is 4. The van der Waals surface area contributed by atoms with Crippen LogP contribution in [0, 0.1) is 24.1 Å². The lowest BCUT2D eigenvalue weighted by Gasteiger charge is -2.05.